The first-order valence-electron chi connectivity index (χ1n) is 6.51. The molecule has 0 aromatic carbocycles. The van der Waals surface area contributed by atoms with Crippen LogP contribution in [0, 0.1) is 5.92 Å². The van der Waals surface area contributed by atoms with Gasteiger partial charge in [0, 0.05) is 25.1 Å². The van der Waals surface area contributed by atoms with Gasteiger partial charge in [-0.3, -0.25) is 0 Å². The second kappa shape index (κ2) is 6.34. The van der Waals surface area contributed by atoms with Gasteiger partial charge in [0.15, 0.2) is 0 Å². The number of halogens is 1. The average Bonchev–Trinajstić information content (AvgIpc) is 2.37. The standard InChI is InChI=1S/C13H20ClN3O/c1-9(2)13-16-11(14)6-12(17-13)15-7-10-4-3-5-18-8-10/h6,9-10H,3-5,7-8H2,1-2H3,(H,15,16,17). The maximum absolute atomic E-state index is 6.00. The van der Waals surface area contributed by atoms with Crippen LogP contribution in [0.4, 0.5) is 5.82 Å². The van der Waals surface area contributed by atoms with Crippen LogP contribution in [0.3, 0.4) is 0 Å². The minimum Gasteiger partial charge on any atom is -0.381 e. The Kier molecular flexibility index (Phi) is 4.78. The van der Waals surface area contributed by atoms with Crippen LogP contribution in [0.2, 0.25) is 5.15 Å². The molecule has 1 aromatic heterocycles. The molecule has 100 valence electrons. The van der Waals surface area contributed by atoms with Crippen LogP contribution in [0.5, 0.6) is 0 Å². The SMILES string of the molecule is CC(C)c1nc(Cl)cc(NCC2CCCOC2)n1. The summed E-state index contributed by atoms with van der Waals surface area (Å²) in [5.41, 5.74) is 0. The lowest BCUT2D eigenvalue weighted by atomic mass is 10.0. The Bertz CT molecular complexity index is 392. The molecule has 0 aliphatic carbocycles. The lowest BCUT2D eigenvalue weighted by molar-refractivity contribution is 0.0595. The van der Waals surface area contributed by atoms with E-state index in [0.717, 1.165) is 37.8 Å². The number of hydrogen-bond donors (Lipinski definition) is 1. The fraction of sp³-hybridized carbons (Fsp3) is 0.692. The molecule has 1 atom stereocenters. The highest BCUT2D eigenvalue weighted by Gasteiger charge is 2.14. The molecule has 1 aliphatic heterocycles. The first kappa shape index (κ1) is 13.6. The van der Waals surface area contributed by atoms with E-state index in [-0.39, 0.29) is 5.92 Å². The lowest BCUT2D eigenvalue weighted by Crippen LogP contribution is -2.24. The van der Waals surface area contributed by atoms with Crippen molar-refractivity contribution in [1.82, 2.24) is 9.97 Å². The van der Waals surface area contributed by atoms with Crippen molar-refractivity contribution in [2.75, 3.05) is 25.1 Å². The molecule has 1 aromatic rings. The van der Waals surface area contributed by atoms with E-state index in [0.29, 0.717) is 11.1 Å². The van der Waals surface area contributed by atoms with Gasteiger partial charge in [-0.05, 0) is 18.8 Å². The van der Waals surface area contributed by atoms with Crippen molar-refractivity contribution in [3.05, 3.63) is 17.0 Å². The van der Waals surface area contributed by atoms with Crippen molar-refractivity contribution in [2.24, 2.45) is 5.92 Å². The largest absolute Gasteiger partial charge is 0.381 e. The fourth-order valence-electron chi connectivity index (χ4n) is 2.00. The van der Waals surface area contributed by atoms with Gasteiger partial charge in [-0.15, -0.1) is 0 Å². The molecule has 2 heterocycles. The minimum absolute atomic E-state index is 0.280. The Morgan fingerprint density at radius 1 is 1.50 bits per heavy atom. The van der Waals surface area contributed by atoms with Gasteiger partial charge >= 0.3 is 0 Å². The summed E-state index contributed by atoms with van der Waals surface area (Å²) in [6, 6.07) is 1.77. The number of nitrogens with zero attached hydrogens (tertiary/aromatic N) is 2. The van der Waals surface area contributed by atoms with Crippen molar-refractivity contribution in [2.45, 2.75) is 32.6 Å². The Labute approximate surface area is 113 Å². The second-order valence-corrected chi connectivity index (χ2v) is 5.44. The van der Waals surface area contributed by atoms with Crippen molar-refractivity contribution >= 4 is 17.4 Å². The van der Waals surface area contributed by atoms with Gasteiger partial charge in [0.25, 0.3) is 0 Å². The fourth-order valence-corrected chi connectivity index (χ4v) is 2.19. The van der Waals surface area contributed by atoms with Crippen LogP contribution in [-0.2, 0) is 4.74 Å². The van der Waals surface area contributed by atoms with Gasteiger partial charge in [0.05, 0.1) is 6.61 Å². The third-order valence-corrected chi connectivity index (χ3v) is 3.25. The van der Waals surface area contributed by atoms with Gasteiger partial charge < -0.3 is 10.1 Å². The molecule has 1 saturated heterocycles. The summed E-state index contributed by atoms with van der Waals surface area (Å²) in [7, 11) is 0. The zero-order valence-corrected chi connectivity index (χ0v) is 11.7. The maximum Gasteiger partial charge on any atom is 0.135 e. The first-order chi connectivity index (χ1) is 8.65. The Balaban J connectivity index is 1.95. The molecular formula is C13H20ClN3O. The molecule has 1 fully saturated rings. The van der Waals surface area contributed by atoms with Crippen LogP contribution in [0.1, 0.15) is 38.4 Å². The monoisotopic (exact) mass is 269 g/mol. The number of aromatic nitrogens is 2. The van der Waals surface area contributed by atoms with Gasteiger partial charge in [0.1, 0.15) is 16.8 Å². The predicted molar refractivity (Wildman–Crippen MR) is 73.2 cm³/mol. The predicted octanol–water partition coefficient (Wildman–Crippen LogP) is 3.09. The summed E-state index contributed by atoms with van der Waals surface area (Å²) in [5, 5.41) is 3.83. The van der Waals surface area contributed by atoms with Crippen LogP contribution >= 0.6 is 11.6 Å². The highest BCUT2D eigenvalue weighted by atomic mass is 35.5. The van der Waals surface area contributed by atoms with E-state index in [1.807, 2.05) is 0 Å². The van der Waals surface area contributed by atoms with Crippen LogP contribution in [0.25, 0.3) is 0 Å². The van der Waals surface area contributed by atoms with Crippen LogP contribution in [-0.4, -0.2) is 29.7 Å². The summed E-state index contributed by atoms with van der Waals surface area (Å²) in [6.45, 7) is 6.73. The van der Waals surface area contributed by atoms with E-state index in [4.69, 9.17) is 16.3 Å². The first-order valence-corrected chi connectivity index (χ1v) is 6.89. The normalized spacial score (nSPS) is 20.1. The molecule has 1 N–H and O–H groups in total. The van der Waals surface area contributed by atoms with E-state index in [9.17, 15) is 0 Å². The Hall–Kier alpha value is -0.870. The molecular weight excluding hydrogens is 250 g/mol. The molecule has 1 aliphatic rings. The van der Waals surface area contributed by atoms with Crippen molar-refractivity contribution < 1.29 is 4.74 Å². The summed E-state index contributed by atoms with van der Waals surface area (Å²) < 4.78 is 5.46. The summed E-state index contributed by atoms with van der Waals surface area (Å²) in [5.74, 6) is 2.44. The number of nitrogens with one attached hydrogen (secondary N) is 1. The van der Waals surface area contributed by atoms with Gasteiger partial charge in [-0.2, -0.15) is 0 Å². The molecule has 0 bridgehead atoms. The van der Waals surface area contributed by atoms with E-state index >= 15 is 0 Å². The zero-order chi connectivity index (χ0) is 13.0. The van der Waals surface area contributed by atoms with Crippen molar-refractivity contribution in [1.29, 1.82) is 0 Å². The highest BCUT2D eigenvalue weighted by Crippen LogP contribution is 2.18. The molecule has 1 unspecified atom stereocenters. The second-order valence-electron chi connectivity index (χ2n) is 5.05. The summed E-state index contributed by atoms with van der Waals surface area (Å²) >= 11 is 6.00. The number of anilines is 1. The topological polar surface area (TPSA) is 47.0 Å². The number of ether oxygens (including phenoxy) is 1. The van der Waals surface area contributed by atoms with Gasteiger partial charge in [-0.25, -0.2) is 9.97 Å². The van der Waals surface area contributed by atoms with E-state index in [1.165, 1.54) is 6.42 Å². The van der Waals surface area contributed by atoms with E-state index < -0.39 is 0 Å². The Morgan fingerprint density at radius 2 is 2.33 bits per heavy atom. The number of rotatable bonds is 4. The minimum atomic E-state index is 0.280. The lowest BCUT2D eigenvalue weighted by Gasteiger charge is -2.22. The van der Waals surface area contributed by atoms with E-state index in [2.05, 4.69) is 29.1 Å². The molecule has 0 saturated carbocycles. The quantitative estimate of drug-likeness (QED) is 0.854. The van der Waals surface area contributed by atoms with Crippen molar-refractivity contribution in [3.63, 3.8) is 0 Å². The highest BCUT2D eigenvalue weighted by molar-refractivity contribution is 6.29. The maximum atomic E-state index is 6.00. The molecule has 18 heavy (non-hydrogen) atoms. The van der Waals surface area contributed by atoms with Gasteiger partial charge in [0.2, 0.25) is 0 Å². The molecule has 4 nitrogen and oxygen atoms in total. The van der Waals surface area contributed by atoms with Crippen LogP contribution < -0.4 is 5.32 Å². The van der Waals surface area contributed by atoms with E-state index in [1.54, 1.807) is 6.07 Å². The third-order valence-electron chi connectivity index (χ3n) is 3.06. The molecule has 0 spiro atoms. The Morgan fingerprint density at radius 3 is 3.00 bits per heavy atom. The number of hydrogen-bond acceptors (Lipinski definition) is 4. The smallest absolute Gasteiger partial charge is 0.135 e. The molecule has 5 heteroatoms. The molecule has 2 rings (SSSR count). The van der Waals surface area contributed by atoms with Crippen molar-refractivity contribution in [3.8, 4) is 0 Å². The third kappa shape index (κ3) is 3.82. The molecule has 0 radical (unpaired) electrons. The summed E-state index contributed by atoms with van der Waals surface area (Å²) in [4.78, 5) is 8.69. The summed E-state index contributed by atoms with van der Waals surface area (Å²) in [6.07, 6.45) is 2.36. The van der Waals surface area contributed by atoms with Gasteiger partial charge in [-0.1, -0.05) is 25.4 Å². The average molecular weight is 270 g/mol. The zero-order valence-electron chi connectivity index (χ0n) is 10.9. The van der Waals surface area contributed by atoms with Crippen LogP contribution in [0.15, 0.2) is 6.07 Å². The molecule has 0 amide bonds.